The standard InChI is InChI=1S/C23H30O6/c1-13(24)29-12-19(27)23(28)9-7-17-16-5-4-14-10-15(25)6-8-21(14,2)20(16)18(26)11-22(17,23)3/h6,8,10,16-18,20,26,28H,4-5,7,9,11-12H2,1-3H3/t16-,17-,18-,20+,21-,22-,23-/m0/s1/i4D2,6D,10D,11D2,18D,20D. The third kappa shape index (κ3) is 2.79. The molecule has 4 rings (SSSR count). The van der Waals surface area contributed by atoms with Gasteiger partial charge in [0.05, 0.1) is 10.2 Å². The second kappa shape index (κ2) is 6.61. The maximum absolute atomic E-state index is 13.1. The molecular weight excluding hydrogens is 372 g/mol. The highest BCUT2D eigenvalue weighted by molar-refractivity contribution is 6.01. The van der Waals surface area contributed by atoms with Crippen LogP contribution in [0.4, 0.5) is 0 Å². The van der Waals surface area contributed by atoms with Crippen LogP contribution in [0.1, 0.15) is 63.7 Å². The summed E-state index contributed by atoms with van der Waals surface area (Å²) in [5.41, 5.74) is -7.35. The van der Waals surface area contributed by atoms with Gasteiger partial charge in [-0.15, -0.1) is 0 Å². The molecule has 0 spiro atoms. The Morgan fingerprint density at radius 1 is 1.41 bits per heavy atom. The van der Waals surface area contributed by atoms with Crippen LogP contribution < -0.4 is 0 Å². The fraction of sp³-hybridized carbons (Fsp3) is 0.696. The zero-order chi connectivity index (χ0) is 28.4. The molecular formula is C23H30O6. The molecule has 4 aliphatic carbocycles. The fourth-order valence-corrected chi connectivity index (χ4v) is 5.51. The van der Waals surface area contributed by atoms with Crippen LogP contribution in [0.5, 0.6) is 0 Å². The Labute approximate surface area is 182 Å². The van der Waals surface area contributed by atoms with E-state index in [4.69, 9.17) is 14.3 Å². The average Bonchev–Trinajstić information content (AvgIpc) is 3.05. The van der Waals surface area contributed by atoms with Gasteiger partial charge in [0, 0.05) is 30.5 Å². The SMILES string of the molecule is [2H]C1=C[C@@]2(C)C(=C([2H])C1=O)C([2H])([2H])C[C@H]1[C@@H]3CC[C@](O)(C(=O)COC(C)=O)[C@@]3(C)C([2H])([2H])[C@]([2H])(O)[C@@]12[2H]. The largest absolute Gasteiger partial charge is 0.458 e. The van der Waals surface area contributed by atoms with Crippen LogP contribution in [-0.2, 0) is 19.1 Å². The summed E-state index contributed by atoms with van der Waals surface area (Å²) < 4.78 is 75.2. The van der Waals surface area contributed by atoms with Crippen molar-refractivity contribution in [2.45, 2.75) is 64.5 Å². The first-order valence-electron chi connectivity index (χ1n) is 13.7. The minimum atomic E-state index is -3.43. The molecule has 7 atom stereocenters. The molecule has 0 bridgehead atoms. The molecule has 6 heteroatoms. The van der Waals surface area contributed by atoms with Gasteiger partial charge in [0.2, 0.25) is 5.78 Å². The van der Waals surface area contributed by atoms with Gasteiger partial charge in [-0.05, 0) is 55.9 Å². The molecule has 0 radical (unpaired) electrons. The Balaban J connectivity index is 2.00. The third-order valence-electron chi connectivity index (χ3n) is 7.08. The maximum Gasteiger partial charge on any atom is 0.303 e. The molecule has 158 valence electrons. The van der Waals surface area contributed by atoms with Gasteiger partial charge < -0.3 is 14.9 Å². The summed E-state index contributed by atoms with van der Waals surface area (Å²) in [6.07, 6.45) is -9.12. The van der Waals surface area contributed by atoms with Crippen molar-refractivity contribution >= 4 is 17.5 Å². The monoisotopic (exact) mass is 410 g/mol. The number of hydrogen-bond donors (Lipinski definition) is 2. The Bertz CT molecular complexity index is 1180. The van der Waals surface area contributed by atoms with Gasteiger partial charge in [-0.3, -0.25) is 14.4 Å². The quantitative estimate of drug-likeness (QED) is 0.691. The minimum absolute atomic E-state index is 0.0744. The highest BCUT2D eigenvalue weighted by Crippen LogP contribution is 2.67. The summed E-state index contributed by atoms with van der Waals surface area (Å²) in [6, 6.07) is -1.60. The highest BCUT2D eigenvalue weighted by Gasteiger charge is 2.68. The number of ether oxygens (including phenoxy) is 1. The van der Waals surface area contributed by atoms with E-state index in [-0.39, 0.29) is 12.8 Å². The van der Waals surface area contributed by atoms with E-state index in [1.807, 2.05) is 0 Å². The molecule has 3 saturated carbocycles. The second-order valence-electron chi connectivity index (χ2n) is 8.61. The molecule has 2 N–H and O–H groups in total. The fourth-order valence-electron chi connectivity index (χ4n) is 5.51. The molecule has 0 aliphatic heterocycles. The van der Waals surface area contributed by atoms with Crippen LogP contribution >= 0.6 is 0 Å². The van der Waals surface area contributed by atoms with Crippen molar-refractivity contribution < 1.29 is 40.3 Å². The number of carbonyl (C=O) groups excluding carboxylic acids is 3. The average molecular weight is 411 g/mol. The zero-order valence-corrected chi connectivity index (χ0v) is 16.6. The summed E-state index contributed by atoms with van der Waals surface area (Å²) in [6.45, 7) is 2.58. The number of esters is 1. The van der Waals surface area contributed by atoms with Crippen molar-refractivity contribution in [2.24, 2.45) is 28.6 Å². The molecule has 29 heavy (non-hydrogen) atoms. The molecule has 0 saturated heterocycles. The van der Waals surface area contributed by atoms with E-state index in [1.165, 1.54) is 13.8 Å². The number of hydrogen-bond acceptors (Lipinski definition) is 6. The van der Waals surface area contributed by atoms with Crippen LogP contribution in [-0.4, -0.2) is 46.0 Å². The topological polar surface area (TPSA) is 101 Å². The van der Waals surface area contributed by atoms with E-state index in [0.29, 0.717) is 0 Å². The minimum Gasteiger partial charge on any atom is -0.458 e. The Hall–Kier alpha value is -1.79. The van der Waals surface area contributed by atoms with Gasteiger partial charge in [-0.25, -0.2) is 0 Å². The highest BCUT2D eigenvalue weighted by atomic mass is 16.5. The van der Waals surface area contributed by atoms with Gasteiger partial charge in [-0.1, -0.05) is 25.5 Å². The lowest BCUT2D eigenvalue weighted by Crippen LogP contribution is -2.61. The zero-order valence-electron chi connectivity index (χ0n) is 24.6. The number of rotatable bonds is 3. The second-order valence-corrected chi connectivity index (χ2v) is 8.61. The summed E-state index contributed by atoms with van der Waals surface area (Å²) >= 11 is 0. The van der Waals surface area contributed by atoms with Gasteiger partial charge in [0.25, 0.3) is 0 Å². The molecule has 3 fully saturated rings. The van der Waals surface area contributed by atoms with Crippen molar-refractivity contribution in [3.8, 4) is 0 Å². The van der Waals surface area contributed by atoms with Crippen LogP contribution in [0.15, 0.2) is 23.8 Å². The molecule has 0 unspecified atom stereocenters. The first-order chi connectivity index (χ1) is 16.6. The van der Waals surface area contributed by atoms with Crippen LogP contribution in [0.25, 0.3) is 0 Å². The van der Waals surface area contributed by atoms with Crippen molar-refractivity contribution in [3.05, 3.63) is 23.8 Å². The number of Topliss-reactive ketones (excluding diaryl/α,β-unsaturated/α-hetero) is 1. The molecule has 6 nitrogen and oxygen atoms in total. The molecule has 0 amide bonds. The summed E-state index contributed by atoms with van der Waals surface area (Å²) in [5, 5.41) is 23.4. The molecule has 0 aromatic rings. The number of allylic oxidation sites excluding steroid dienone is 4. The predicted molar refractivity (Wildman–Crippen MR) is 105 cm³/mol. The van der Waals surface area contributed by atoms with E-state index in [1.54, 1.807) is 0 Å². The number of fused-ring (bicyclic) bond motifs is 5. The molecule has 0 aromatic heterocycles. The normalized spacial score (nSPS) is 58.9. The number of carbonyl (C=O) groups is 3. The van der Waals surface area contributed by atoms with E-state index >= 15 is 0 Å². The van der Waals surface area contributed by atoms with Gasteiger partial charge in [0.1, 0.15) is 5.60 Å². The van der Waals surface area contributed by atoms with Crippen LogP contribution in [0.3, 0.4) is 0 Å². The van der Waals surface area contributed by atoms with E-state index in [0.717, 1.165) is 13.0 Å². The Kier molecular flexibility index (Phi) is 2.92. The van der Waals surface area contributed by atoms with E-state index in [9.17, 15) is 26.0 Å². The van der Waals surface area contributed by atoms with Crippen LogP contribution in [0, 0.1) is 28.6 Å². The van der Waals surface area contributed by atoms with Gasteiger partial charge >= 0.3 is 5.97 Å². The first-order valence-corrected chi connectivity index (χ1v) is 9.67. The molecule has 0 aromatic carbocycles. The Morgan fingerprint density at radius 2 is 2.14 bits per heavy atom. The van der Waals surface area contributed by atoms with Crippen molar-refractivity contribution in [1.82, 2.24) is 0 Å². The van der Waals surface area contributed by atoms with E-state index < -0.39 is 101 Å². The Morgan fingerprint density at radius 3 is 2.83 bits per heavy atom. The number of aliphatic hydroxyl groups is 2. The number of ketones is 2. The van der Waals surface area contributed by atoms with Crippen LogP contribution in [0.2, 0.25) is 0 Å². The van der Waals surface area contributed by atoms with Gasteiger partial charge in [0.15, 0.2) is 12.4 Å². The predicted octanol–water partition coefficient (Wildman–Crippen LogP) is 2.13. The summed E-state index contributed by atoms with van der Waals surface area (Å²) in [7, 11) is 0. The van der Waals surface area contributed by atoms with Gasteiger partial charge in [-0.2, -0.15) is 0 Å². The summed E-state index contributed by atoms with van der Waals surface area (Å²) in [5.74, 6) is -8.01. The summed E-state index contributed by atoms with van der Waals surface area (Å²) in [4.78, 5) is 36.9. The lowest BCUT2D eigenvalue weighted by atomic mass is 9.46. The lowest BCUT2D eigenvalue weighted by molar-refractivity contribution is -0.181. The van der Waals surface area contributed by atoms with Crippen molar-refractivity contribution in [1.29, 1.82) is 0 Å². The molecule has 0 heterocycles. The third-order valence-corrected chi connectivity index (χ3v) is 7.08. The maximum atomic E-state index is 13.1. The molecule has 4 aliphatic rings. The lowest BCUT2D eigenvalue weighted by Gasteiger charge is -2.59. The first kappa shape index (κ1) is 12.8. The van der Waals surface area contributed by atoms with E-state index in [2.05, 4.69) is 0 Å². The van der Waals surface area contributed by atoms with Crippen molar-refractivity contribution in [2.75, 3.05) is 6.61 Å². The van der Waals surface area contributed by atoms with Crippen molar-refractivity contribution in [3.63, 3.8) is 0 Å². The smallest absolute Gasteiger partial charge is 0.303 e.